The maximum absolute atomic E-state index is 12.6. The van der Waals surface area contributed by atoms with Crippen LogP contribution in [0.25, 0.3) is 0 Å². The lowest BCUT2D eigenvalue weighted by Crippen LogP contribution is -2.38. The van der Waals surface area contributed by atoms with E-state index in [0.717, 1.165) is 30.5 Å². The van der Waals surface area contributed by atoms with E-state index in [0.29, 0.717) is 12.5 Å². The number of para-hydroxylation sites is 1. The maximum atomic E-state index is 12.6. The largest absolute Gasteiger partial charge is 0.452 e. The van der Waals surface area contributed by atoms with Crippen molar-refractivity contribution in [2.45, 2.75) is 64.5 Å². The third-order valence-electron chi connectivity index (χ3n) is 5.42. The number of nitrogens with zero attached hydrogens (tertiary/aromatic N) is 1. The Labute approximate surface area is 160 Å². The molecule has 3 rings (SSSR count). The van der Waals surface area contributed by atoms with Crippen LogP contribution in [0, 0.1) is 5.92 Å². The van der Waals surface area contributed by atoms with E-state index in [9.17, 15) is 14.4 Å². The zero-order chi connectivity index (χ0) is 19.6. The van der Waals surface area contributed by atoms with Gasteiger partial charge in [0.2, 0.25) is 5.91 Å². The number of ether oxygens (including phenoxy) is 1. The Hall–Kier alpha value is -2.37. The van der Waals surface area contributed by atoms with Crippen molar-refractivity contribution >= 4 is 23.5 Å². The smallest absolute Gasteiger partial charge is 0.312 e. The Morgan fingerprint density at radius 2 is 1.96 bits per heavy atom. The molecule has 1 heterocycles. The van der Waals surface area contributed by atoms with Gasteiger partial charge < -0.3 is 15.0 Å². The van der Waals surface area contributed by atoms with Crippen LogP contribution in [0.1, 0.15) is 57.9 Å². The van der Waals surface area contributed by atoms with Crippen LogP contribution in [0.15, 0.2) is 24.3 Å². The van der Waals surface area contributed by atoms with Crippen LogP contribution in [0.2, 0.25) is 0 Å². The highest BCUT2D eigenvalue weighted by atomic mass is 16.5. The Bertz CT molecular complexity index is 729. The third kappa shape index (κ3) is 4.49. The average molecular weight is 372 g/mol. The fourth-order valence-corrected chi connectivity index (χ4v) is 3.34. The number of hydrogen-bond donors (Lipinski definition) is 1. The molecule has 1 aromatic rings. The summed E-state index contributed by atoms with van der Waals surface area (Å²) in [5, 5.41) is 2.83. The second-order valence-electron chi connectivity index (χ2n) is 7.64. The van der Waals surface area contributed by atoms with Crippen LogP contribution in [-0.4, -0.2) is 36.5 Å². The molecule has 2 amide bonds. The van der Waals surface area contributed by atoms with Gasteiger partial charge in [-0.15, -0.1) is 0 Å². The van der Waals surface area contributed by atoms with Gasteiger partial charge in [0.05, 0.1) is 5.92 Å². The topological polar surface area (TPSA) is 75.7 Å². The Kier molecular flexibility index (Phi) is 5.82. The molecule has 1 N–H and O–H groups in total. The van der Waals surface area contributed by atoms with Gasteiger partial charge in [0, 0.05) is 24.7 Å². The fourth-order valence-electron chi connectivity index (χ4n) is 3.34. The van der Waals surface area contributed by atoms with Gasteiger partial charge in [-0.1, -0.05) is 32.0 Å². The summed E-state index contributed by atoms with van der Waals surface area (Å²) in [5.41, 5.74) is 1.98. The standard InChI is InChI=1S/C21H28N2O4/c1-4-13(2)17-7-5-6-8-18(17)23-12-15(11-19(23)24)21(26)27-14(3)20(25)22-16-9-10-16/h5-8,13-16H,4,9-12H2,1-3H3,(H,22,25)/t13-,14-,15-/m0/s1. The lowest BCUT2D eigenvalue weighted by Gasteiger charge is -2.23. The molecule has 0 unspecified atom stereocenters. The molecule has 1 aromatic carbocycles. The van der Waals surface area contributed by atoms with Gasteiger partial charge in [0.25, 0.3) is 5.91 Å². The van der Waals surface area contributed by atoms with E-state index in [-0.39, 0.29) is 24.3 Å². The third-order valence-corrected chi connectivity index (χ3v) is 5.42. The van der Waals surface area contributed by atoms with E-state index in [1.54, 1.807) is 11.8 Å². The number of amides is 2. The Morgan fingerprint density at radius 3 is 2.63 bits per heavy atom. The predicted molar refractivity (Wildman–Crippen MR) is 102 cm³/mol. The van der Waals surface area contributed by atoms with Crippen molar-refractivity contribution < 1.29 is 19.1 Å². The molecule has 1 aliphatic heterocycles. The number of benzene rings is 1. The van der Waals surface area contributed by atoms with E-state index >= 15 is 0 Å². The molecular formula is C21H28N2O4. The number of nitrogens with one attached hydrogen (secondary N) is 1. The number of anilines is 1. The van der Waals surface area contributed by atoms with Crippen molar-refractivity contribution in [3.63, 3.8) is 0 Å². The summed E-state index contributed by atoms with van der Waals surface area (Å²) < 4.78 is 5.33. The molecule has 6 nitrogen and oxygen atoms in total. The molecule has 2 fully saturated rings. The number of esters is 1. The van der Waals surface area contributed by atoms with E-state index in [1.165, 1.54) is 0 Å². The highest BCUT2D eigenvalue weighted by Crippen LogP contribution is 2.33. The summed E-state index contributed by atoms with van der Waals surface area (Å²) >= 11 is 0. The van der Waals surface area contributed by atoms with Crippen LogP contribution in [0.4, 0.5) is 5.69 Å². The average Bonchev–Trinajstić information content (AvgIpc) is 3.39. The zero-order valence-corrected chi connectivity index (χ0v) is 16.2. The summed E-state index contributed by atoms with van der Waals surface area (Å²) in [4.78, 5) is 38.7. The Morgan fingerprint density at radius 1 is 1.26 bits per heavy atom. The van der Waals surface area contributed by atoms with Crippen molar-refractivity contribution in [2.24, 2.45) is 5.92 Å². The number of rotatable bonds is 7. The molecule has 1 saturated heterocycles. The van der Waals surface area contributed by atoms with E-state index in [1.807, 2.05) is 24.3 Å². The highest BCUT2D eigenvalue weighted by Gasteiger charge is 2.38. The molecule has 3 atom stereocenters. The van der Waals surface area contributed by atoms with Crippen molar-refractivity contribution in [1.82, 2.24) is 5.32 Å². The number of carbonyl (C=O) groups excluding carboxylic acids is 3. The van der Waals surface area contributed by atoms with Crippen LogP contribution in [0.3, 0.4) is 0 Å². The van der Waals surface area contributed by atoms with Gasteiger partial charge in [-0.05, 0) is 43.7 Å². The van der Waals surface area contributed by atoms with Gasteiger partial charge >= 0.3 is 5.97 Å². The molecule has 146 valence electrons. The Balaban J connectivity index is 1.65. The maximum Gasteiger partial charge on any atom is 0.312 e. The lowest BCUT2D eigenvalue weighted by molar-refractivity contribution is -0.158. The summed E-state index contributed by atoms with van der Waals surface area (Å²) in [6, 6.07) is 8.06. The SMILES string of the molecule is CC[C@H](C)c1ccccc1N1C[C@@H](C(=O)O[C@@H](C)C(=O)NC2CC2)CC1=O. The van der Waals surface area contributed by atoms with Crippen molar-refractivity contribution in [3.8, 4) is 0 Å². The zero-order valence-electron chi connectivity index (χ0n) is 16.2. The monoisotopic (exact) mass is 372 g/mol. The van der Waals surface area contributed by atoms with Crippen molar-refractivity contribution in [2.75, 3.05) is 11.4 Å². The minimum atomic E-state index is -0.838. The molecule has 0 radical (unpaired) electrons. The van der Waals surface area contributed by atoms with Crippen molar-refractivity contribution in [3.05, 3.63) is 29.8 Å². The second-order valence-corrected chi connectivity index (χ2v) is 7.64. The van der Waals surface area contributed by atoms with Crippen LogP contribution in [0.5, 0.6) is 0 Å². The molecule has 6 heteroatoms. The highest BCUT2D eigenvalue weighted by molar-refractivity contribution is 6.00. The van der Waals surface area contributed by atoms with Gasteiger partial charge in [-0.3, -0.25) is 14.4 Å². The quantitative estimate of drug-likeness (QED) is 0.747. The molecule has 27 heavy (non-hydrogen) atoms. The van der Waals surface area contributed by atoms with Crippen LogP contribution < -0.4 is 10.2 Å². The van der Waals surface area contributed by atoms with Gasteiger partial charge in [-0.2, -0.15) is 0 Å². The molecular weight excluding hydrogens is 344 g/mol. The number of hydrogen-bond acceptors (Lipinski definition) is 4. The normalized spacial score (nSPS) is 21.7. The first-order chi connectivity index (χ1) is 12.9. The molecule has 0 bridgehead atoms. The molecule has 0 aromatic heterocycles. The minimum absolute atomic E-state index is 0.0808. The molecule has 2 aliphatic rings. The molecule has 1 saturated carbocycles. The van der Waals surface area contributed by atoms with E-state index in [2.05, 4.69) is 19.2 Å². The summed E-state index contributed by atoms with van der Waals surface area (Å²) in [6.45, 7) is 6.11. The first kappa shape index (κ1) is 19.4. The van der Waals surface area contributed by atoms with E-state index < -0.39 is 18.0 Å². The minimum Gasteiger partial charge on any atom is -0.452 e. The first-order valence-corrected chi connectivity index (χ1v) is 9.80. The summed E-state index contributed by atoms with van der Waals surface area (Å²) in [7, 11) is 0. The van der Waals surface area contributed by atoms with Crippen molar-refractivity contribution in [1.29, 1.82) is 0 Å². The van der Waals surface area contributed by atoms with Crippen LogP contribution >= 0.6 is 0 Å². The first-order valence-electron chi connectivity index (χ1n) is 9.80. The molecule has 0 spiro atoms. The fraction of sp³-hybridized carbons (Fsp3) is 0.571. The van der Waals surface area contributed by atoms with Gasteiger partial charge in [0.1, 0.15) is 0 Å². The second kappa shape index (κ2) is 8.11. The van der Waals surface area contributed by atoms with Gasteiger partial charge in [0.15, 0.2) is 6.10 Å². The molecule has 1 aliphatic carbocycles. The predicted octanol–water partition coefficient (Wildman–Crippen LogP) is 2.76. The van der Waals surface area contributed by atoms with Crippen LogP contribution in [-0.2, 0) is 19.1 Å². The van der Waals surface area contributed by atoms with Gasteiger partial charge in [-0.25, -0.2) is 0 Å². The van der Waals surface area contributed by atoms with E-state index in [4.69, 9.17) is 4.74 Å². The summed E-state index contributed by atoms with van der Waals surface area (Å²) in [5.74, 6) is -1.05. The summed E-state index contributed by atoms with van der Waals surface area (Å²) in [6.07, 6.45) is 2.21. The number of carbonyl (C=O) groups is 3. The lowest BCUT2D eigenvalue weighted by atomic mass is 9.96.